The summed E-state index contributed by atoms with van der Waals surface area (Å²) in [5, 5.41) is 8.73. The van der Waals surface area contributed by atoms with E-state index >= 15 is 0 Å². The molecule has 5 nitrogen and oxygen atoms in total. The Morgan fingerprint density at radius 1 is 1.35 bits per heavy atom. The van der Waals surface area contributed by atoms with Gasteiger partial charge >= 0.3 is 0 Å². The average Bonchev–Trinajstić information content (AvgIpc) is 2.44. The molecule has 1 N–H and O–H groups in total. The molecule has 0 aromatic carbocycles. The number of pyridine rings is 1. The molecule has 1 aromatic rings. The molecule has 1 heterocycles. The summed E-state index contributed by atoms with van der Waals surface area (Å²) in [6.45, 7) is 1.44. The zero-order chi connectivity index (χ0) is 15.0. The second-order valence-corrected chi connectivity index (χ2v) is 4.70. The van der Waals surface area contributed by atoms with Gasteiger partial charge in [-0.3, -0.25) is 4.79 Å². The SMILES string of the molecule is CN(C)CCN(C)C(=O)c1ncccc1C#CCCO. The molecule has 0 unspecified atom stereocenters. The number of likely N-dealkylation sites (N-methyl/N-ethyl adjacent to an activating group) is 2. The van der Waals surface area contributed by atoms with Gasteiger partial charge in [-0.15, -0.1) is 0 Å². The Labute approximate surface area is 120 Å². The first-order valence-electron chi connectivity index (χ1n) is 6.51. The second kappa shape index (κ2) is 8.31. The number of aliphatic hydroxyl groups is 1. The third kappa shape index (κ3) is 5.00. The lowest BCUT2D eigenvalue weighted by atomic mass is 10.1. The molecule has 1 aromatic heterocycles. The molecular formula is C15H21N3O2. The van der Waals surface area contributed by atoms with E-state index in [-0.39, 0.29) is 12.5 Å². The molecule has 5 heteroatoms. The van der Waals surface area contributed by atoms with Crippen LogP contribution in [0.2, 0.25) is 0 Å². The summed E-state index contributed by atoms with van der Waals surface area (Å²) in [5.74, 6) is 5.56. The molecule has 0 fully saturated rings. The van der Waals surface area contributed by atoms with Crippen molar-refractivity contribution in [1.82, 2.24) is 14.8 Å². The molecule has 0 spiro atoms. The topological polar surface area (TPSA) is 56.7 Å². The largest absolute Gasteiger partial charge is 0.395 e. The highest BCUT2D eigenvalue weighted by Gasteiger charge is 2.16. The first-order valence-corrected chi connectivity index (χ1v) is 6.51. The highest BCUT2D eigenvalue weighted by atomic mass is 16.2. The van der Waals surface area contributed by atoms with Crippen molar-refractivity contribution >= 4 is 5.91 Å². The number of carbonyl (C=O) groups excluding carboxylic acids is 1. The van der Waals surface area contributed by atoms with E-state index in [1.54, 1.807) is 30.3 Å². The molecule has 0 saturated carbocycles. The van der Waals surface area contributed by atoms with E-state index in [0.29, 0.717) is 24.2 Å². The minimum Gasteiger partial charge on any atom is -0.395 e. The molecule has 20 heavy (non-hydrogen) atoms. The normalized spacial score (nSPS) is 10.1. The van der Waals surface area contributed by atoms with E-state index in [9.17, 15) is 4.79 Å². The van der Waals surface area contributed by atoms with E-state index < -0.39 is 0 Å². The molecule has 1 rings (SSSR count). The van der Waals surface area contributed by atoms with Crippen molar-refractivity contribution in [2.75, 3.05) is 40.8 Å². The van der Waals surface area contributed by atoms with Crippen LogP contribution >= 0.6 is 0 Å². The number of hydrogen-bond acceptors (Lipinski definition) is 4. The van der Waals surface area contributed by atoms with Crippen LogP contribution in [-0.4, -0.2) is 66.6 Å². The minimum atomic E-state index is -0.138. The van der Waals surface area contributed by atoms with Crippen molar-refractivity contribution in [2.45, 2.75) is 6.42 Å². The Balaban J connectivity index is 2.85. The summed E-state index contributed by atoms with van der Waals surface area (Å²) in [5.41, 5.74) is 0.960. The van der Waals surface area contributed by atoms with Crippen LogP contribution < -0.4 is 0 Å². The van der Waals surface area contributed by atoms with Gasteiger partial charge in [-0.25, -0.2) is 4.98 Å². The van der Waals surface area contributed by atoms with Gasteiger partial charge in [-0.2, -0.15) is 0 Å². The van der Waals surface area contributed by atoms with Gasteiger partial charge in [0.15, 0.2) is 0 Å². The third-order valence-corrected chi connectivity index (χ3v) is 2.70. The van der Waals surface area contributed by atoms with Gasteiger partial charge in [0.2, 0.25) is 0 Å². The van der Waals surface area contributed by atoms with E-state index in [2.05, 4.69) is 16.8 Å². The first kappa shape index (κ1) is 16.2. The summed E-state index contributed by atoms with van der Waals surface area (Å²) in [6.07, 6.45) is 1.98. The molecule has 108 valence electrons. The maximum atomic E-state index is 12.3. The van der Waals surface area contributed by atoms with Crippen LogP contribution in [0.4, 0.5) is 0 Å². The van der Waals surface area contributed by atoms with E-state index in [0.717, 1.165) is 6.54 Å². The summed E-state index contributed by atoms with van der Waals surface area (Å²) in [7, 11) is 5.68. The molecule has 0 aliphatic heterocycles. The summed E-state index contributed by atoms with van der Waals surface area (Å²) < 4.78 is 0. The molecule has 0 bridgehead atoms. The molecule has 0 radical (unpaired) electrons. The van der Waals surface area contributed by atoms with Crippen LogP contribution in [0.25, 0.3) is 0 Å². The standard InChI is InChI=1S/C15H21N3O2/c1-17(2)10-11-18(3)15(20)14-13(7-4-5-12-19)8-6-9-16-14/h6,8-9,19H,5,10-12H2,1-3H3. The van der Waals surface area contributed by atoms with Crippen molar-refractivity contribution in [3.05, 3.63) is 29.6 Å². The van der Waals surface area contributed by atoms with Crippen LogP contribution in [0.15, 0.2) is 18.3 Å². The van der Waals surface area contributed by atoms with Gasteiger partial charge in [-0.1, -0.05) is 11.8 Å². The molecule has 0 atom stereocenters. The summed E-state index contributed by atoms with van der Waals surface area (Å²) in [6, 6.07) is 3.52. The second-order valence-electron chi connectivity index (χ2n) is 4.70. The van der Waals surface area contributed by atoms with Gasteiger partial charge in [0.25, 0.3) is 5.91 Å². The number of carbonyl (C=O) groups is 1. The Kier molecular flexibility index (Phi) is 6.71. The Bertz CT molecular complexity index is 503. The van der Waals surface area contributed by atoms with Gasteiger partial charge < -0.3 is 14.9 Å². The number of amides is 1. The number of hydrogen-bond donors (Lipinski definition) is 1. The molecule has 0 saturated heterocycles. The van der Waals surface area contributed by atoms with Crippen molar-refractivity contribution in [3.8, 4) is 11.8 Å². The summed E-state index contributed by atoms with van der Waals surface area (Å²) in [4.78, 5) is 20.1. The number of rotatable bonds is 5. The molecule has 0 aliphatic carbocycles. The highest BCUT2D eigenvalue weighted by molar-refractivity contribution is 5.94. The maximum Gasteiger partial charge on any atom is 0.273 e. The zero-order valence-corrected chi connectivity index (χ0v) is 12.3. The van der Waals surface area contributed by atoms with E-state index in [1.165, 1.54) is 0 Å². The first-order chi connectivity index (χ1) is 9.56. The third-order valence-electron chi connectivity index (χ3n) is 2.70. The van der Waals surface area contributed by atoms with Crippen LogP contribution in [0.3, 0.4) is 0 Å². The van der Waals surface area contributed by atoms with Crippen LogP contribution in [-0.2, 0) is 0 Å². The van der Waals surface area contributed by atoms with Gasteiger partial charge in [0.05, 0.1) is 12.2 Å². The predicted octanol–water partition coefficient (Wildman–Crippen LogP) is 0.449. The van der Waals surface area contributed by atoms with Crippen LogP contribution in [0.5, 0.6) is 0 Å². The molecular weight excluding hydrogens is 254 g/mol. The highest BCUT2D eigenvalue weighted by Crippen LogP contribution is 2.07. The number of aromatic nitrogens is 1. The Morgan fingerprint density at radius 3 is 2.75 bits per heavy atom. The van der Waals surface area contributed by atoms with E-state index in [4.69, 9.17) is 5.11 Å². The fourth-order valence-corrected chi connectivity index (χ4v) is 1.52. The fraction of sp³-hybridized carbons (Fsp3) is 0.467. The molecule has 1 amide bonds. The van der Waals surface area contributed by atoms with Crippen molar-refractivity contribution in [2.24, 2.45) is 0 Å². The Hall–Kier alpha value is -1.90. The summed E-state index contributed by atoms with van der Waals surface area (Å²) >= 11 is 0. The van der Waals surface area contributed by atoms with Crippen LogP contribution in [0.1, 0.15) is 22.5 Å². The monoisotopic (exact) mass is 275 g/mol. The average molecular weight is 275 g/mol. The quantitative estimate of drug-likeness (QED) is 0.793. The van der Waals surface area contributed by atoms with Crippen molar-refractivity contribution in [1.29, 1.82) is 0 Å². The van der Waals surface area contributed by atoms with Gasteiger partial charge in [-0.05, 0) is 26.2 Å². The predicted molar refractivity (Wildman–Crippen MR) is 78.3 cm³/mol. The zero-order valence-electron chi connectivity index (χ0n) is 12.3. The van der Waals surface area contributed by atoms with E-state index in [1.807, 2.05) is 19.0 Å². The van der Waals surface area contributed by atoms with Crippen LogP contribution in [0, 0.1) is 11.8 Å². The smallest absolute Gasteiger partial charge is 0.273 e. The fourth-order valence-electron chi connectivity index (χ4n) is 1.52. The number of aliphatic hydroxyl groups excluding tert-OH is 1. The Morgan fingerprint density at radius 2 is 2.10 bits per heavy atom. The van der Waals surface area contributed by atoms with Crippen molar-refractivity contribution in [3.63, 3.8) is 0 Å². The minimum absolute atomic E-state index is 0.0132. The van der Waals surface area contributed by atoms with Gasteiger partial charge in [0.1, 0.15) is 5.69 Å². The number of nitrogens with zero attached hydrogens (tertiary/aromatic N) is 3. The lowest BCUT2D eigenvalue weighted by molar-refractivity contribution is 0.0780. The van der Waals surface area contributed by atoms with Gasteiger partial charge in [0, 0.05) is 32.8 Å². The lowest BCUT2D eigenvalue weighted by Crippen LogP contribution is -2.34. The lowest BCUT2D eigenvalue weighted by Gasteiger charge is -2.19. The van der Waals surface area contributed by atoms with Crippen molar-refractivity contribution < 1.29 is 9.90 Å². The maximum absolute atomic E-state index is 12.3. The molecule has 0 aliphatic rings.